The maximum atomic E-state index is 5.57. The zero-order valence-corrected chi connectivity index (χ0v) is 12.8. The van der Waals surface area contributed by atoms with E-state index in [9.17, 15) is 0 Å². The first kappa shape index (κ1) is 14.6. The molecule has 0 aromatic carbocycles. The van der Waals surface area contributed by atoms with Crippen LogP contribution in [0.15, 0.2) is 22.6 Å². The van der Waals surface area contributed by atoms with Gasteiger partial charge in [-0.15, -0.1) is 0 Å². The van der Waals surface area contributed by atoms with Gasteiger partial charge in [-0.3, -0.25) is 4.98 Å². The minimum atomic E-state index is 0.223. The average Bonchev–Trinajstić information content (AvgIpc) is 2.74. The van der Waals surface area contributed by atoms with E-state index in [-0.39, 0.29) is 6.04 Å². The van der Waals surface area contributed by atoms with Gasteiger partial charge in [-0.1, -0.05) is 0 Å². The lowest BCUT2D eigenvalue weighted by molar-refractivity contribution is 0.412. The van der Waals surface area contributed by atoms with E-state index in [0.29, 0.717) is 6.54 Å². The van der Waals surface area contributed by atoms with Crippen LogP contribution in [0.2, 0.25) is 0 Å². The Balaban J connectivity index is 2.05. The van der Waals surface area contributed by atoms with Crippen molar-refractivity contribution in [2.24, 2.45) is 0 Å². The van der Waals surface area contributed by atoms with Gasteiger partial charge >= 0.3 is 0 Å². The minimum Gasteiger partial charge on any atom is -0.497 e. The number of pyridine rings is 1. The summed E-state index contributed by atoms with van der Waals surface area (Å²) in [6, 6.07) is 6.19. The van der Waals surface area contributed by atoms with Crippen molar-refractivity contribution in [3.8, 4) is 5.75 Å². The third-order valence-corrected chi connectivity index (χ3v) is 3.35. The van der Waals surface area contributed by atoms with E-state index in [1.165, 1.54) is 5.56 Å². The molecule has 0 aliphatic carbocycles. The molecule has 2 rings (SSSR count). The fourth-order valence-electron chi connectivity index (χ4n) is 2.36. The summed E-state index contributed by atoms with van der Waals surface area (Å²) in [7, 11) is 1.67. The highest BCUT2D eigenvalue weighted by Crippen LogP contribution is 2.21. The van der Waals surface area contributed by atoms with Crippen molar-refractivity contribution in [3.63, 3.8) is 0 Å². The molecule has 0 spiro atoms. The predicted molar refractivity (Wildman–Crippen MR) is 79.0 cm³/mol. The Morgan fingerprint density at radius 2 is 2.00 bits per heavy atom. The molecule has 2 aromatic heterocycles. The maximum Gasteiger partial charge on any atom is 0.122 e. The molecule has 0 bridgehead atoms. The number of ether oxygens (including phenoxy) is 1. The van der Waals surface area contributed by atoms with Gasteiger partial charge in [0.1, 0.15) is 17.3 Å². The van der Waals surface area contributed by atoms with Crippen LogP contribution >= 0.6 is 0 Å². The monoisotopic (exact) mass is 274 g/mol. The van der Waals surface area contributed by atoms with Gasteiger partial charge in [-0.2, -0.15) is 0 Å². The molecular formula is C16H22N2O2. The van der Waals surface area contributed by atoms with Gasteiger partial charge in [0.2, 0.25) is 0 Å². The number of hydrogen-bond donors (Lipinski definition) is 1. The Labute approximate surface area is 120 Å². The highest BCUT2D eigenvalue weighted by atomic mass is 16.5. The third kappa shape index (κ3) is 3.39. The molecule has 0 amide bonds. The predicted octanol–water partition coefficient (Wildman–Crippen LogP) is 3.46. The van der Waals surface area contributed by atoms with Crippen molar-refractivity contribution in [2.45, 2.75) is 40.3 Å². The first-order valence-electron chi connectivity index (χ1n) is 6.81. The van der Waals surface area contributed by atoms with Crippen LogP contribution in [-0.4, -0.2) is 12.1 Å². The van der Waals surface area contributed by atoms with E-state index in [0.717, 1.165) is 28.7 Å². The molecular weight excluding hydrogens is 252 g/mol. The zero-order chi connectivity index (χ0) is 14.7. The Kier molecular flexibility index (Phi) is 4.45. The lowest BCUT2D eigenvalue weighted by Gasteiger charge is -2.13. The van der Waals surface area contributed by atoms with Crippen LogP contribution < -0.4 is 10.1 Å². The number of aromatic nitrogens is 1. The lowest BCUT2D eigenvalue weighted by Crippen LogP contribution is -2.19. The quantitative estimate of drug-likeness (QED) is 0.907. The lowest BCUT2D eigenvalue weighted by atomic mass is 10.1. The van der Waals surface area contributed by atoms with Gasteiger partial charge in [-0.25, -0.2) is 0 Å². The number of aryl methyl sites for hydroxylation is 3. The van der Waals surface area contributed by atoms with Gasteiger partial charge in [0.15, 0.2) is 0 Å². The molecule has 1 unspecified atom stereocenters. The molecule has 0 saturated carbocycles. The van der Waals surface area contributed by atoms with Crippen LogP contribution in [0.5, 0.6) is 5.75 Å². The fraction of sp³-hybridized carbons (Fsp3) is 0.438. The fourth-order valence-corrected chi connectivity index (χ4v) is 2.36. The highest BCUT2D eigenvalue weighted by molar-refractivity contribution is 5.27. The zero-order valence-electron chi connectivity index (χ0n) is 12.8. The van der Waals surface area contributed by atoms with Crippen LogP contribution in [0.4, 0.5) is 0 Å². The van der Waals surface area contributed by atoms with E-state index in [1.54, 1.807) is 7.11 Å². The summed E-state index contributed by atoms with van der Waals surface area (Å²) in [4.78, 5) is 4.51. The van der Waals surface area contributed by atoms with Crippen molar-refractivity contribution < 1.29 is 9.15 Å². The molecule has 0 saturated heterocycles. The SMILES string of the molecule is COc1cc(C)nc(CNC(C)c2cc(C)oc2C)c1. The van der Waals surface area contributed by atoms with Crippen molar-refractivity contribution >= 4 is 0 Å². The number of rotatable bonds is 5. The first-order chi connectivity index (χ1) is 9.49. The smallest absolute Gasteiger partial charge is 0.122 e. The minimum absolute atomic E-state index is 0.223. The van der Waals surface area contributed by atoms with E-state index >= 15 is 0 Å². The van der Waals surface area contributed by atoms with Crippen molar-refractivity contribution in [3.05, 3.63) is 46.7 Å². The first-order valence-corrected chi connectivity index (χ1v) is 6.81. The summed E-state index contributed by atoms with van der Waals surface area (Å²) in [6.07, 6.45) is 0. The summed E-state index contributed by atoms with van der Waals surface area (Å²) in [5.41, 5.74) is 3.14. The van der Waals surface area contributed by atoms with Crippen molar-refractivity contribution in [1.82, 2.24) is 10.3 Å². The second-order valence-corrected chi connectivity index (χ2v) is 5.11. The van der Waals surface area contributed by atoms with Crippen LogP contribution in [0.1, 0.15) is 41.4 Å². The van der Waals surface area contributed by atoms with Crippen LogP contribution in [0.3, 0.4) is 0 Å². The molecule has 2 heterocycles. The summed E-state index contributed by atoms with van der Waals surface area (Å²) >= 11 is 0. The largest absolute Gasteiger partial charge is 0.497 e. The van der Waals surface area contributed by atoms with E-state index < -0.39 is 0 Å². The van der Waals surface area contributed by atoms with Gasteiger partial charge in [0, 0.05) is 36.0 Å². The summed E-state index contributed by atoms with van der Waals surface area (Å²) in [5, 5.41) is 3.47. The highest BCUT2D eigenvalue weighted by Gasteiger charge is 2.12. The second kappa shape index (κ2) is 6.09. The van der Waals surface area contributed by atoms with E-state index in [4.69, 9.17) is 9.15 Å². The van der Waals surface area contributed by atoms with Crippen molar-refractivity contribution in [2.75, 3.05) is 7.11 Å². The number of furan rings is 1. The summed E-state index contributed by atoms with van der Waals surface area (Å²) in [5.74, 6) is 2.76. The Morgan fingerprint density at radius 3 is 2.60 bits per heavy atom. The molecule has 1 atom stereocenters. The average molecular weight is 274 g/mol. The number of nitrogens with one attached hydrogen (secondary N) is 1. The van der Waals surface area contributed by atoms with Crippen LogP contribution in [-0.2, 0) is 6.54 Å². The number of hydrogen-bond acceptors (Lipinski definition) is 4. The van der Waals surface area contributed by atoms with Crippen molar-refractivity contribution in [1.29, 1.82) is 0 Å². The maximum absolute atomic E-state index is 5.57. The van der Waals surface area contributed by atoms with Gasteiger partial charge in [0.25, 0.3) is 0 Å². The summed E-state index contributed by atoms with van der Waals surface area (Å²) < 4.78 is 10.8. The molecule has 0 aliphatic rings. The molecule has 4 nitrogen and oxygen atoms in total. The molecule has 1 N–H and O–H groups in total. The molecule has 20 heavy (non-hydrogen) atoms. The van der Waals surface area contributed by atoms with E-state index in [1.807, 2.05) is 32.9 Å². The molecule has 108 valence electrons. The topological polar surface area (TPSA) is 47.3 Å². The van der Waals surface area contributed by atoms with Gasteiger partial charge in [-0.05, 0) is 33.8 Å². The molecule has 4 heteroatoms. The third-order valence-electron chi connectivity index (χ3n) is 3.35. The Bertz CT molecular complexity index is 590. The molecule has 2 aromatic rings. The van der Waals surface area contributed by atoms with Crippen LogP contribution in [0.25, 0.3) is 0 Å². The molecule has 0 fully saturated rings. The molecule has 0 radical (unpaired) electrons. The second-order valence-electron chi connectivity index (χ2n) is 5.11. The van der Waals surface area contributed by atoms with Crippen LogP contribution in [0, 0.1) is 20.8 Å². The summed E-state index contributed by atoms with van der Waals surface area (Å²) in [6.45, 7) is 8.76. The Morgan fingerprint density at radius 1 is 1.25 bits per heavy atom. The standard InChI is InChI=1S/C16H22N2O2/c1-10-6-15(19-5)8-14(18-10)9-17-12(3)16-7-11(2)20-13(16)4/h6-8,12,17H,9H2,1-5H3. The number of methoxy groups -OCH3 is 1. The van der Waals surface area contributed by atoms with Gasteiger partial charge < -0.3 is 14.5 Å². The molecule has 0 aliphatic heterocycles. The number of nitrogens with zero attached hydrogens (tertiary/aromatic N) is 1. The van der Waals surface area contributed by atoms with E-state index in [2.05, 4.69) is 23.3 Å². The Hall–Kier alpha value is -1.81. The normalized spacial score (nSPS) is 12.4. The van der Waals surface area contributed by atoms with Gasteiger partial charge in [0.05, 0.1) is 12.8 Å².